The Morgan fingerprint density at radius 1 is 1.32 bits per heavy atom. The molecule has 2 N–H and O–H groups in total. The van der Waals surface area contributed by atoms with Gasteiger partial charge in [0, 0.05) is 12.0 Å². The summed E-state index contributed by atoms with van der Waals surface area (Å²) in [6, 6.07) is 10.7. The third kappa shape index (κ3) is 4.73. The van der Waals surface area contributed by atoms with Crippen LogP contribution in [0, 0.1) is 0 Å². The highest BCUT2D eigenvalue weighted by molar-refractivity contribution is 5.74. The molecule has 1 atom stereocenters. The lowest BCUT2D eigenvalue weighted by Gasteiger charge is -2.20. The molecular formula is C18H23N3O4. The third-order valence-corrected chi connectivity index (χ3v) is 3.55. The molecule has 0 radical (unpaired) electrons. The number of para-hydroxylation sites is 1. The van der Waals surface area contributed by atoms with E-state index >= 15 is 0 Å². The maximum absolute atomic E-state index is 12.4. The Balaban J connectivity index is 1.75. The van der Waals surface area contributed by atoms with Crippen LogP contribution < -0.4 is 10.1 Å². The van der Waals surface area contributed by atoms with Crippen molar-refractivity contribution in [2.24, 2.45) is 0 Å². The fourth-order valence-electron chi connectivity index (χ4n) is 2.31. The number of aromatic nitrogens is 2. The Morgan fingerprint density at radius 2 is 2.00 bits per heavy atom. The van der Waals surface area contributed by atoms with Crippen molar-refractivity contribution in [3.8, 4) is 5.75 Å². The fourth-order valence-corrected chi connectivity index (χ4v) is 2.31. The molecule has 0 bridgehead atoms. The van der Waals surface area contributed by atoms with E-state index in [1.807, 2.05) is 6.07 Å². The molecule has 1 heterocycles. The van der Waals surface area contributed by atoms with Gasteiger partial charge in [0.1, 0.15) is 17.2 Å². The predicted octanol–water partition coefficient (Wildman–Crippen LogP) is 3.31. The first kappa shape index (κ1) is 17.3. The summed E-state index contributed by atoms with van der Waals surface area (Å²) in [6.07, 6.45) is 0.169. The molecule has 1 aliphatic carbocycles. The van der Waals surface area contributed by atoms with Crippen LogP contribution >= 0.6 is 0 Å². The van der Waals surface area contributed by atoms with Crippen molar-refractivity contribution in [1.29, 1.82) is 0 Å². The standard InChI is InChI=1S/C18H23N3O4/c1-18(2,3)25-17(23)21-15(11-14(20-21)12-9-10-12)19-16(22)24-13-7-5-4-6-8-13/h4-8,11-12,16,19,22H,9-10H2,1-3H3. The van der Waals surface area contributed by atoms with Crippen molar-refractivity contribution in [2.45, 2.75) is 51.5 Å². The highest BCUT2D eigenvalue weighted by atomic mass is 16.6. The van der Waals surface area contributed by atoms with Gasteiger partial charge in [0.05, 0.1) is 5.69 Å². The van der Waals surface area contributed by atoms with Crippen molar-refractivity contribution in [1.82, 2.24) is 9.78 Å². The van der Waals surface area contributed by atoms with E-state index in [1.165, 1.54) is 0 Å². The van der Waals surface area contributed by atoms with E-state index in [0.717, 1.165) is 23.2 Å². The lowest BCUT2D eigenvalue weighted by Crippen LogP contribution is -2.31. The largest absolute Gasteiger partial charge is 0.447 e. The number of benzene rings is 1. The van der Waals surface area contributed by atoms with Crippen LogP contribution in [0.4, 0.5) is 10.6 Å². The molecule has 0 spiro atoms. The van der Waals surface area contributed by atoms with Crippen LogP contribution in [0.3, 0.4) is 0 Å². The van der Waals surface area contributed by atoms with Crippen molar-refractivity contribution in [3.63, 3.8) is 0 Å². The molecule has 3 rings (SSSR count). The lowest BCUT2D eigenvalue weighted by atomic mass is 10.2. The molecular weight excluding hydrogens is 322 g/mol. The second-order valence-electron chi connectivity index (χ2n) is 7.05. The summed E-state index contributed by atoms with van der Waals surface area (Å²) in [6.45, 7) is 5.37. The Bertz CT molecular complexity index is 733. The van der Waals surface area contributed by atoms with E-state index in [4.69, 9.17) is 9.47 Å². The van der Waals surface area contributed by atoms with Crippen molar-refractivity contribution in [3.05, 3.63) is 42.1 Å². The third-order valence-electron chi connectivity index (χ3n) is 3.55. The van der Waals surface area contributed by atoms with Gasteiger partial charge in [0.25, 0.3) is 6.41 Å². The number of anilines is 1. The van der Waals surface area contributed by atoms with Gasteiger partial charge in [0.15, 0.2) is 0 Å². The van der Waals surface area contributed by atoms with Crippen LogP contribution in [0.5, 0.6) is 5.75 Å². The Hall–Kier alpha value is -2.54. The second kappa shape index (κ2) is 6.76. The topological polar surface area (TPSA) is 85.6 Å². The molecule has 7 nitrogen and oxygen atoms in total. The molecule has 0 aliphatic heterocycles. The summed E-state index contributed by atoms with van der Waals surface area (Å²) >= 11 is 0. The Kier molecular flexibility index (Phi) is 4.67. The zero-order valence-electron chi connectivity index (χ0n) is 14.6. The van der Waals surface area contributed by atoms with E-state index < -0.39 is 18.1 Å². The van der Waals surface area contributed by atoms with Gasteiger partial charge >= 0.3 is 6.09 Å². The van der Waals surface area contributed by atoms with E-state index in [-0.39, 0.29) is 0 Å². The van der Waals surface area contributed by atoms with Crippen LogP contribution in [-0.2, 0) is 4.74 Å². The zero-order chi connectivity index (χ0) is 18.0. The summed E-state index contributed by atoms with van der Waals surface area (Å²) < 4.78 is 11.9. The van der Waals surface area contributed by atoms with Crippen LogP contribution in [0.1, 0.15) is 45.2 Å². The van der Waals surface area contributed by atoms with E-state index in [1.54, 1.807) is 51.1 Å². The van der Waals surface area contributed by atoms with E-state index in [0.29, 0.717) is 17.5 Å². The van der Waals surface area contributed by atoms with Crippen molar-refractivity contribution >= 4 is 11.9 Å². The highest BCUT2D eigenvalue weighted by Crippen LogP contribution is 2.40. The predicted molar refractivity (Wildman–Crippen MR) is 92.5 cm³/mol. The maximum atomic E-state index is 12.4. The number of aliphatic hydroxyl groups excluding tert-OH is 1. The number of rotatable bonds is 5. The average Bonchev–Trinajstić information content (AvgIpc) is 3.28. The van der Waals surface area contributed by atoms with Gasteiger partial charge in [-0.15, -0.1) is 4.68 Å². The van der Waals surface area contributed by atoms with Gasteiger partial charge < -0.3 is 19.9 Å². The number of nitrogens with zero attached hydrogens (tertiary/aromatic N) is 2. The minimum Gasteiger partial charge on any atom is -0.447 e. The highest BCUT2D eigenvalue weighted by Gasteiger charge is 2.30. The summed E-state index contributed by atoms with van der Waals surface area (Å²) in [5, 5.41) is 17.2. The van der Waals surface area contributed by atoms with Crippen LogP contribution in [0.25, 0.3) is 0 Å². The van der Waals surface area contributed by atoms with Crippen LogP contribution in [0.2, 0.25) is 0 Å². The van der Waals surface area contributed by atoms with Gasteiger partial charge in [-0.25, -0.2) is 4.79 Å². The number of carbonyl (C=O) groups excluding carboxylic acids is 1. The molecule has 1 saturated carbocycles. The monoisotopic (exact) mass is 345 g/mol. The number of nitrogens with one attached hydrogen (secondary N) is 1. The number of hydrogen-bond acceptors (Lipinski definition) is 6. The van der Waals surface area contributed by atoms with Gasteiger partial charge in [-0.3, -0.25) is 0 Å². The molecule has 1 aliphatic rings. The first-order valence-corrected chi connectivity index (χ1v) is 8.31. The minimum absolute atomic E-state index is 0.333. The summed E-state index contributed by atoms with van der Waals surface area (Å²) in [5.74, 6) is 1.20. The summed E-state index contributed by atoms with van der Waals surface area (Å²) in [4.78, 5) is 12.4. The molecule has 0 amide bonds. The summed E-state index contributed by atoms with van der Waals surface area (Å²) in [7, 11) is 0. The SMILES string of the molecule is CC(C)(C)OC(=O)n1nc(C2CC2)cc1NC(O)Oc1ccccc1. The molecule has 0 saturated heterocycles. The van der Waals surface area contributed by atoms with Crippen molar-refractivity contribution < 1.29 is 19.4 Å². The van der Waals surface area contributed by atoms with Crippen LogP contribution in [-0.4, -0.2) is 33.0 Å². The molecule has 1 aromatic carbocycles. The van der Waals surface area contributed by atoms with E-state index in [2.05, 4.69) is 10.4 Å². The normalized spacial score (nSPS) is 15.5. The fraction of sp³-hybridized carbons (Fsp3) is 0.444. The average molecular weight is 345 g/mol. The van der Waals surface area contributed by atoms with Gasteiger partial charge in [-0.05, 0) is 45.7 Å². The molecule has 25 heavy (non-hydrogen) atoms. The molecule has 7 heteroatoms. The molecule has 2 aromatic rings. The number of carbonyl (C=O) groups is 1. The second-order valence-corrected chi connectivity index (χ2v) is 7.05. The van der Waals surface area contributed by atoms with Crippen molar-refractivity contribution in [2.75, 3.05) is 5.32 Å². The Labute approximate surface area is 146 Å². The first-order chi connectivity index (χ1) is 11.8. The number of hydrogen-bond donors (Lipinski definition) is 2. The van der Waals surface area contributed by atoms with Gasteiger partial charge in [-0.1, -0.05) is 18.2 Å². The molecule has 1 unspecified atom stereocenters. The number of aliphatic hydroxyl groups is 1. The summed E-state index contributed by atoms with van der Waals surface area (Å²) in [5.41, 5.74) is 0.166. The van der Waals surface area contributed by atoms with Gasteiger partial charge in [0.2, 0.25) is 0 Å². The van der Waals surface area contributed by atoms with E-state index in [9.17, 15) is 9.90 Å². The maximum Gasteiger partial charge on any atom is 0.437 e. The minimum atomic E-state index is -1.33. The van der Waals surface area contributed by atoms with Gasteiger partial charge in [-0.2, -0.15) is 5.10 Å². The quantitative estimate of drug-likeness (QED) is 0.809. The number of ether oxygens (including phenoxy) is 2. The Morgan fingerprint density at radius 3 is 2.60 bits per heavy atom. The molecule has 134 valence electrons. The zero-order valence-corrected chi connectivity index (χ0v) is 14.6. The van der Waals surface area contributed by atoms with Crippen LogP contribution in [0.15, 0.2) is 36.4 Å². The smallest absolute Gasteiger partial charge is 0.437 e. The molecule has 1 aromatic heterocycles. The lowest BCUT2D eigenvalue weighted by molar-refractivity contribution is 0.00692. The first-order valence-electron chi connectivity index (χ1n) is 8.31. The molecule has 1 fully saturated rings.